The molecule has 5 atom stereocenters. The number of benzene rings is 2. The van der Waals surface area contributed by atoms with E-state index in [9.17, 15) is 14.7 Å². The van der Waals surface area contributed by atoms with Gasteiger partial charge < -0.3 is 15.3 Å². The van der Waals surface area contributed by atoms with Gasteiger partial charge in [0.1, 0.15) is 0 Å². The van der Waals surface area contributed by atoms with E-state index in [4.69, 9.17) is 0 Å². The first-order chi connectivity index (χ1) is 16.8. The molecule has 5 rings (SSSR count). The number of nitrogens with zero attached hydrogens (tertiary/aromatic N) is 2. The molecule has 2 aromatic rings. The molecule has 2 aromatic carbocycles. The van der Waals surface area contributed by atoms with Crippen molar-refractivity contribution < 1.29 is 14.7 Å². The van der Waals surface area contributed by atoms with Crippen LogP contribution in [0, 0.1) is 11.8 Å². The normalized spacial score (nSPS) is 28.0. The highest BCUT2D eigenvalue weighted by molar-refractivity contribution is 5.82. The summed E-state index contributed by atoms with van der Waals surface area (Å²) in [7, 11) is 0. The van der Waals surface area contributed by atoms with E-state index < -0.39 is 11.6 Å². The van der Waals surface area contributed by atoms with Gasteiger partial charge in [0, 0.05) is 29.7 Å². The third-order valence-electron chi connectivity index (χ3n) is 8.21. The van der Waals surface area contributed by atoms with Crippen molar-refractivity contribution in [2.24, 2.45) is 11.8 Å². The molecule has 0 spiro atoms. The number of fused-ring (bicyclic) bond motifs is 3. The molecule has 2 heterocycles. The van der Waals surface area contributed by atoms with Crippen LogP contribution in [0.25, 0.3) is 0 Å². The molecule has 0 aromatic heterocycles. The fourth-order valence-electron chi connectivity index (χ4n) is 6.81. The van der Waals surface area contributed by atoms with Crippen molar-refractivity contribution in [1.82, 2.24) is 9.80 Å². The molecular weight excluding hydrogens is 438 g/mol. The molecule has 0 radical (unpaired) electrons. The Bertz CT molecular complexity index is 1080. The molecule has 0 bridgehead atoms. The quantitative estimate of drug-likeness (QED) is 0.564. The van der Waals surface area contributed by atoms with Crippen molar-refractivity contribution in [3.63, 3.8) is 0 Å². The molecular formula is C29H37N3O3. The molecule has 3 aliphatic rings. The first-order valence-corrected chi connectivity index (χ1v) is 13.0. The molecule has 186 valence electrons. The third-order valence-corrected chi connectivity index (χ3v) is 8.21. The smallest absolute Gasteiger partial charge is 0.408 e. The van der Waals surface area contributed by atoms with Gasteiger partial charge in [0.25, 0.3) is 0 Å². The Morgan fingerprint density at radius 2 is 1.66 bits per heavy atom. The lowest BCUT2D eigenvalue weighted by atomic mass is 9.78. The number of anilines is 1. The lowest BCUT2D eigenvalue weighted by Crippen LogP contribution is -2.57. The summed E-state index contributed by atoms with van der Waals surface area (Å²) in [4.78, 5) is 30.2. The maximum absolute atomic E-state index is 14.3. The number of carboxylic acid groups (broad SMARTS) is 1. The first kappa shape index (κ1) is 23.7. The van der Waals surface area contributed by atoms with Crippen LogP contribution < -0.4 is 5.32 Å². The molecule has 2 aliphatic heterocycles. The number of nitrogens with one attached hydrogen (secondary N) is 1. The fraction of sp³-hybridized carbons (Fsp3) is 0.517. The van der Waals surface area contributed by atoms with Crippen LogP contribution in [0.1, 0.15) is 76.1 Å². The molecule has 35 heavy (non-hydrogen) atoms. The van der Waals surface area contributed by atoms with Gasteiger partial charge in [-0.1, -0.05) is 61.4 Å². The molecule has 6 nitrogen and oxygen atoms in total. The number of carbonyl (C=O) groups is 2. The zero-order valence-electron chi connectivity index (χ0n) is 21.0. The van der Waals surface area contributed by atoms with E-state index in [1.54, 1.807) is 4.90 Å². The number of para-hydroxylation sites is 1. The predicted molar refractivity (Wildman–Crippen MR) is 137 cm³/mol. The van der Waals surface area contributed by atoms with Crippen LogP contribution in [-0.4, -0.2) is 45.0 Å². The third kappa shape index (κ3) is 4.28. The Morgan fingerprint density at radius 3 is 2.37 bits per heavy atom. The van der Waals surface area contributed by atoms with Gasteiger partial charge in [-0.2, -0.15) is 0 Å². The van der Waals surface area contributed by atoms with Crippen LogP contribution >= 0.6 is 0 Å². The molecule has 2 amide bonds. The number of carbonyl (C=O) groups excluding carboxylic acids is 1. The second kappa shape index (κ2) is 9.21. The summed E-state index contributed by atoms with van der Waals surface area (Å²) in [5.41, 5.74) is 2.95. The van der Waals surface area contributed by atoms with Crippen molar-refractivity contribution in [3.05, 3.63) is 65.7 Å². The highest BCUT2D eigenvalue weighted by Gasteiger charge is 2.50. The van der Waals surface area contributed by atoms with Gasteiger partial charge in [-0.25, -0.2) is 4.79 Å². The second-order valence-corrected chi connectivity index (χ2v) is 11.3. The molecule has 0 unspecified atom stereocenters. The Kier molecular flexibility index (Phi) is 6.24. The van der Waals surface area contributed by atoms with Crippen LogP contribution in [0.4, 0.5) is 10.5 Å². The lowest BCUT2D eigenvalue weighted by Gasteiger charge is -2.46. The Morgan fingerprint density at radius 1 is 0.971 bits per heavy atom. The van der Waals surface area contributed by atoms with E-state index in [1.165, 1.54) is 11.1 Å². The lowest BCUT2D eigenvalue weighted by molar-refractivity contribution is -0.141. The van der Waals surface area contributed by atoms with Crippen LogP contribution in [0.15, 0.2) is 54.6 Å². The number of rotatable bonds is 3. The summed E-state index contributed by atoms with van der Waals surface area (Å²) in [6.07, 6.45) is 3.42. The molecule has 1 saturated heterocycles. The SMILES string of the molecule is CC(C)(C)N(C(=O)O)[C@@H]1CCCC[C@@H]1C(=O)N1CC[C@@H]2[C@@H](c3ccccc3)Nc3ccccc3[C@H]21. The zero-order chi connectivity index (χ0) is 24.7. The highest BCUT2D eigenvalue weighted by Crippen LogP contribution is 2.52. The maximum Gasteiger partial charge on any atom is 0.408 e. The van der Waals surface area contributed by atoms with E-state index in [-0.39, 0.29) is 35.9 Å². The summed E-state index contributed by atoms with van der Waals surface area (Å²) in [5.74, 6) is 0.104. The number of hydrogen-bond donors (Lipinski definition) is 2. The first-order valence-electron chi connectivity index (χ1n) is 13.0. The minimum Gasteiger partial charge on any atom is -0.465 e. The summed E-state index contributed by atoms with van der Waals surface area (Å²) >= 11 is 0. The summed E-state index contributed by atoms with van der Waals surface area (Å²) in [6, 6.07) is 18.7. The van der Waals surface area contributed by atoms with Gasteiger partial charge >= 0.3 is 6.09 Å². The molecule has 6 heteroatoms. The highest BCUT2D eigenvalue weighted by atomic mass is 16.4. The van der Waals surface area contributed by atoms with E-state index in [0.717, 1.165) is 37.8 Å². The van der Waals surface area contributed by atoms with Crippen molar-refractivity contribution in [2.45, 2.75) is 76.5 Å². The Labute approximate surface area is 208 Å². The van der Waals surface area contributed by atoms with E-state index in [0.29, 0.717) is 6.54 Å². The standard InChI is InChI=1S/C29H37N3O3/c1-29(2,3)32(28(34)35)24-16-10-8-14-21(24)27(33)31-18-17-22-25(19-11-5-4-6-12-19)30-23-15-9-7-13-20(23)26(22)31/h4-7,9,11-13,15,21-22,24-26,30H,8,10,14,16-18H2,1-3H3,(H,34,35)/t21-,22+,24+,25+,26+/m0/s1. The minimum atomic E-state index is -0.933. The van der Waals surface area contributed by atoms with E-state index >= 15 is 0 Å². The maximum atomic E-state index is 14.3. The summed E-state index contributed by atoms with van der Waals surface area (Å²) in [6.45, 7) is 6.49. The van der Waals surface area contributed by atoms with Crippen molar-refractivity contribution in [1.29, 1.82) is 0 Å². The molecule has 1 saturated carbocycles. The van der Waals surface area contributed by atoms with Crippen molar-refractivity contribution >= 4 is 17.7 Å². The van der Waals surface area contributed by atoms with E-state index in [2.05, 4.69) is 52.7 Å². The monoisotopic (exact) mass is 475 g/mol. The van der Waals surface area contributed by atoms with Crippen LogP contribution in [0.5, 0.6) is 0 Å². The van der Waals surface area contributed by atoms with Crippen LogP contribution in [0.2, 0.25) is 0 Å². The molecule has 2 fully saturated rings. The van der Waals surface area contributed by atoms with Gasteiger partial charge in [0.2, 0.25) is 5.91 Å². The van der Waals surface area contributed by atoms with Crippen molar-refractivity contribution in [3.8, 4) is 0 Å². The van der Waals surface area contributed by atoms with Gasteiger partial charge in [-0.15, -0.1) is 0 Å². The fourth-order valence-corrected chi connectivity index (χ4v) is 6.81. The number of hydrogen-bond acceptors (Lipinski definition) is 3. The number of amides is 2. The van der Waals surface area contributed by atoms with E-state index in [1.807, 2.05) is 32.9 Å². The average molecular weight is 476 g/mol. The predicted octanol–water partition coefficient (Wildman–Crippen LogP) is 6.08. The van der Waals surface area contributed by atoms with Gasteiger partial charge in [-0.05, 0) is 57.2 Å². The number of likely N-dealkylation sites (tertiary alicyclic amines) is 1. The minimum absolute atomic E-state index is 0.000599. The largest absolute Gasteiger partial charge is 0.465 e. The Hall–Kier alpha value is -3.02. The van der Waals surface area contributed by atoms with Gasteiger partial charge in [-0.3, -0.25) is 9.69 Å². The van der Waals surface area contributed by atoms with Crippen molar-refractivity contribution in [2.75, 3.05) is 11.9 Å². The zero-order valence-corrected chi connectivity index (χ0v) is 21.0. The Balaban J connectivity index is 1.49. The second-order valence-electron chi connectivity index (χ2n) is 11.3. The van der Waals surface area contributed by atoms with Crippen LogP contribution in [-0.2, 0) is 4.79 Å². The average Bonchev–Trinajstić information content (AvgIpc) is 3.28. The summed E-state index contributed by atoms with van der Waals surface area (Å²) in [5, 5.41) is 13.9. The molecule has 2 N–H and O–H groups in total. The van der Waals surface area contributed by atoms with Crippen LogP contribution in [0.3, 0.4) is 0 Å². The summed E-state index contributed by atoms with van der Waals surface area (Å²) < 4.78 is 0. The van der Waals surface area contributed by atoms with Gasteiger partial charge in [0.05, 0.1) is 18.0 Å². The van der Waals surface area contributed by atoms with Gasteiger partial charge in [0.15, 0.2) is 0 Å². The topological polar surface area (TPSA) is 72.9 Å². The molecule has 1 aliphatic carbocycles.